The fourth-order valence-corrected chi connectivity index (χ4v) is 3.35. The molecule has 1 aromatic heterocycles. The minimum absolute atomic E-state index is 0.646. The molecule has 0 saturated carbocycles. The van der Waals surface area contributed by atoms with Crippen LogP contribution >= 0.6 is 11.6 Å². The predicted octanol–water partition coefficient (Wildman–Crippen LogP) is 4.07. The summed E-state index contributed by atoms with van der Waals surface area (Å²) in [5.74, 6) is 1.62. The minimum atomic E-state index is 0.646. The lowest BCUT2D eigenvalue weighted by Gasteiger charge is -2.36. The number of piperazine rings is 1. The molecule has 0 aliphatic carbocycles. The van der Waals surface area contributed by atoms with Crippen LogP contribution in [-0.4, -0.2) is 36.1 Å². The largest absolute Gasteiger partial charge is 0.368 e. The number of halogens is 1. The minimum Gasteiger partial charge on any atom is -0.368 e. The third kappa shape index (κ3) is 4.49. The van der Waals surface area contributed by atoms with Crippen molar-refractivity contribution >= 4 is 29.1 Å². The van der Waals surface area contributed by atoms with E-state index in [-0.39, 0.29) is 0 Å². The van der Waals surface area contributed by atoms with Crippen LogP contribution in [0.5, 0.6) is 0 Å². The summed E-state index contributed by atoms with van der Waals surface area (Å²) in [5, 5.41) is 4.03. The summed E-state index contributed by atoms with van der Waals surface area (Å²) >= 11 is 5.93. The first kappa shape index (κ1) is 17.6. The molecule has 138 valence electrons. The van der Waals surface area contributed by atoms with Crippen LogP contribution in [0.3, 0.4) is 0 Å². The molecule has 0 spiro atoms. The number of nitrogens with zero attached hydrogens (tertiary/aromatic N) is 4. The Morgan fingerprint density at radius 3 is 2.30 bits per heavy atom. The van der Waals surface area contributed by atoms with Crippen molar-refractivity contribution in [3.63, 3.8) is 0 Å². The average molecular weight is 380 g/mol. The van der Waals surface area contributed by atoms with Gasteiger partial charge in [-0.05, 0) is 35.9 Å². The highest BCUT2D eigenvalue weighted by Crippen LogP contribution is 2.19. The number of hydrogen-bond donors (Lipinski definition) is 1. The van der Waals surface area contributed by atoms with Gasteiger partial charge in [0.1, 0.15) is 5.82 Å². The third-order valence-electron chi connectivity index (χ3n) is 4.73. The molecule has 3 aromatic rings. The van der Waals surface area contributed by atoms with E-state index in [0.29, 0.717) is 12.5 Å². The van der Waals surface area contributed by atoms with Crippen LogP contribution in [0.25, 0.3) is 0 Å². The molecule has 4 rings (SSSR count). The Kier molecular flexibility index (Phi) is 5.39. The Morgan fingerprint density at radius 2 is 1.56 bits per heavy atom. The molecule has 1 aliphatic heterocycles. The lowest BCUT2D eigenvalue weighted by Crippen LogP contribution is -2.46. The van der Waals surface area contributed by atoms with Crippen molar-refractivity contribution in [3.8, 4) is 0 Å². The van der Waals surface area contributed by atoms with Crippen LogP contribution < -0.4 is 15.1 Å². The number of para-hydroxylation sites is 1. The van der Waals surface area contributed by atoms with Crippen LogP contribution in [0.4, 0.5) is 17.5 Å². The molecular formula is C21H22ClN5. The normalized spacial score (nSPS) is 14.3. The molecule has 2 aromatic carbocycles. The van der Waals surface area contributed by atoms with Crippen LogP contribution in [0.1, 0.15) is 5.56 Å². The Hall–Kier alpha value is -2.79. The molecule has 2 heterocycles. The third-order valence-corrected chi connectivity index (χ3v) is 4.98. The quantitative estimate of drug-likeness (QED) is 0.724. The van der Waals surface area contributed by atoms with Crippen LogP contribution in [0.15, 0.2) is 66.9 Å². The van der Waals surface area contributed by atoms with Crippen molar-refractivity contribution in [3.05, 3.63) is 77.4 Å². The van der Waals surface area contributed by atoms with E-state index in [4.69, 9.17) is 11.6 Å². The molecule has 5 nitrogen and oxygen atoms in total. The van der Waals surface area contributed by atoms with Crippen LogP contribution in [0.2, 0.25) is 5.02 Å². The lowest BCUT2D eigenvalue weighted by molar-refractivity contribution is 0.647. The van der Waals surface area contributed by atoms with Gasteiger partial charge in [0.2, 0.25) is 5.95 Å². The van der Waals surface area contributed by atoms with Crippen molar-refractivity contribution in [2.45, 2.75) is 6.54 Å². The number of nitrogens with one attached hydrogen (secondary N) is 1. The van der Waals surface area contributed by atoms with E-state index in [9.17, 15) is 0 Å². The molecule has 0 amide bonds. The molecule has 1 aliphatic rings. The zero-order valence-corrected chi connectivity index (χ0v) is 15.8. The van der Waals surface area contributed by atoms with E-state index in [0.717, 1.165) is 42.6 Å². The van der Waals surface area contributed by atoms with Gasteiger partial charge in [-0.15, -0.1) is 0 Å². The van der Waals surface area contributed by atoms with Crippen molar-refractivity contribution in [2.75, 3.05) is 41.3 Å². The summed E-state index contributed by atoms with van der Waals surface area (Å²) in [6.45, 7) is 4.54. The van der Waals surface area contributed by atoms with Gasteiger partial charge in [0.15, 0.2) is 0 Å². The molecule has 6 heteroatoms. The van der Waals surface area contributed by atoms with E-state index >= 15 is 0 Å². The van der Waals surface area contributed by atoms with Crippen molar-refractivity contribution in [1.82, 2.24) is 9.97 Å². The standard InChI is InChI=1S/C21H22ClN5/c22-18-8-6-17(7-9-18)16-24-21-23-11-10-20(25-21)27-14-12-26(13-15-27)19-4-2-1-3-5-19/h1-11H,12-16H2,(H,23,24,25). The van der Waals surface area contributed by atoms with Crippen molar-refractivity contribution < 1.29 is 0 Å². The van der Waals surface area contributed by atoms with E-state index in [1.165, 1.54) is 5.69 Å². The number of rotatable bonds is 5. The summed E-state index contributed by atoms with van der Waals surface area (Å²) in [6.07, 6.45) is 1.82. The van der Waals surface area contributed by atoms with Crippen molar-refractivity contribution in [1.29, 1.82) is 0 Å². The van der Waals surface area contributed by atoms with Gasteiger partial charge in [0.05, 0.1) is 0 Å². The number of aromatic nitrogens is 2. The van der Waals surface area contributed by atoms with Gasteiger partial charge in [-0.2, -0.15) is 4.98 Å². The highest BCUT2D eigenvalue weighted by atomic mass is 35.5. The SMILES string of the molecule is Clc1ccc(CNc2nccc(N3CCN(c4ccccc4)CC3)n2)cc1. The molecular weight excluding hydrogens is 358 g/mol. The van der Waals surface area contributed by atoms with Crippen LogP contribution in [0, 0.1) is 0 Å². The maximum atomic E-state index is 5.93. The molecule has 0 radical (unpaired) electrons. The zero-order valence-electron chi connectivity index (χ0n) is 15.1. The first-order valence-corrected chi connectivity index (χ1v) is 9.52. The first-order chi connectivity index (χ1) is 13.3. The maximum Gasteiger partial charge on any atom is 0.224 e. The summed E-state index contributed by atoms with van der Waals surface area (Å²) in [5.41, 5.74) is 2.43. The van der Waals surface area contributed by atoms with E-state index in [1.807, 2.05) is 36.5 Å². The number of benzene rings is 2. The van der Waals surface area contributed by atoms with E-state index in [2.05, 4.69) is 55.4 Å². The predicted molar refractivity (Wildman–Crippen MR) is 112 cm³/mol. The second kappa shape index (κ2) is 8.27. The fraction of sp³-hybridized carbons (Fsp3) is 0.238. The molecule has 1 N–H and O–H groups in total. The smallest absolute Gasteiger partial charge is 0.224 e. The summed E-state index contributed by atoms with van der Waals surface area (Å²) in [4.78, 5) is 13.8. The van der Waals surface area contributed by atoms with Gasteiger partial charge in [0, 0.05) is 49.6 Å². The van der Waals surface area contributed by atoms with Crippen molar-refractivity contribution in [2.24, 2.45) is 0 Å². The van der Waals surface area contributed by atoms with Gasteiger partial charge in [-0.1, -0.05) is 41.9 Å². The Morgan fingerprint density at radius 1 is 0.852 bits per heavy atom. The second-order valence-corrected chi connectivity index (χ2v) is 6.96. The maximum absolute atomic E-state index is 5.93. The summed E-state index contributed by atoms with van der Waals surface area (Å²) in [6, 6.07) is 20.3. The highest BCUT2D eigenvalue weighted by molar-refractivity contribution is 6.30. The zero-order chi connectivity index (χ0) is 18.5. The van der Waals surface area contributed by atoms with Gasteiger partial charge in [0.25, 0.3) is 0 Å². The Labute approximate surface area is 164 Å². The Balaban J connectivity index is 1.36. The monoisotopic (exact) mass is 379 g/mol. The highest BCUT2D eigenvalue weighted by Gasteiger charge is 2.18. The number of anilines is 3. The number of hydrogen-bond acceptors (Lipinski definition) is 5. The van der Waals surface area contributed by atoms with E-state index in [1.54, 1.807) is 0 Å². The van der Waals surface area contributed by atoms with Gasteiger partial charge < -0.3 is 15.1 Å². The van der Waals surface area contributed by atoms with Gasteiger partial charge in [-0.25, -0.2) is 4.98 Å². The first-order valence-electron chi connectivity index (χ1n) is 9.14. The molecule has 1 saturated heterocycles. The summed E-state index contributed by atoms with van der Waals surface area (Å²) < 4.78 is 0. The summed E-state index contributed by atoms with van der Waals surface area (Å²) in [7, 11) is 0. The lowest BCUT2D eigenvalue weighted by atomic mass is 10.2. The average Bonchev–Trinajstić information content (AvgIpc) is 2.74. The van der Waals surface area contributed by atoms with E-state index < -0.39 is 0 Å². The molecule has 27 heavy (non-hydrogen) atoms. The van der Waals surface area contributed by atoms with Gasteiger partial charge >= 0.3 is 0 Å². The second-order valence-electron chi connectivity index (χ2n) is 6.53. The van der Waals surface area contributed by atoms with Gasteiger partial charge in [-0.3, -0.25) is 0 Å². The topological polar surface area (TPSA) is 44.3 Å². The molecule has 0 atom stereocenters. The Bertz CT molecular complexity index is 861. The molecule has 0 unspecified atom stereocenters. The molecule has 1 fully saturated rings. The van der Waals surface area contributed by atoms with Crippen LogP contribution in [-0.2, 0) is 6.54 Å². The molecule has 0 bridgehead atoms. The fourth-order valence-electron chi connectivity index (χ4n) is 3.23.